The smallest absolute Gasteiger partial charge is 0.324 e. The van der Waals surface area contributed by atoms with E-state index in [1.165, 1.54) is 6.92 Å². The summed E-state index contributed by atoms with van der Waals surface area (Å²) in [5.74, 6) is -1.41. The Morgan fingerprint density at radius 2 is 2.25 bits per heavy atom. The lowest BCUT2D eigenvalue weighted by atomic mass is 10.2. The van der Waals surface area contributed by atoms with Crippen molar-refractivity contribution in [3.8, 4) is 0 Å². The number of carboxylic acid groups (broad SMARTS) is 1. The van der Waals surface area contributed by atoms with Crippen LogP contribution in [-0.2, 0) is 14.3 Å². The molecule has 68 valence electrons. The number of nitrogens with one attached hydrogen (secondary N) is 1. The lowest BCUT2D eigenvalue weighted by molar-refractivity contribution is -0.151. The second-order valence-electron chi connectivity index (χ2n) is 2.71. The number of hydrogen-bond acceptors (Lipinski definition) is 4. The van der Waals surface area contributed by atoms with Gasteiger partial charge in [-0.3, -0.25) is 9.59 Å². The van der Waals surface area contributed by atoms with Crippen molar-refractivity contribution in [1.29, 1.82) is 0 Å². The van der Waals surface area contributed by atoms with Crippen LogP contribution in [0, 0.1) is 0 Å². The fourth-order valence-corrected chi connectivity index (χ4v) is 1.27. The molecular formula is C7H11NO4. The lowest BCUT2D eigenvalue weighted by Crippen LogP contribution is -2.40. The molecule has 0 spiro atoms. The average Bonchev–Trinajstić information content (AvgIpc) is 2.33. The number of carbonyl (C=O) groups is 2. The van der Waals surface area contributed by atoms with Crippen LogP contribution in [0.25, 0.3) is 0 Å². The zero-order valence-electron chi connectivity index (χ0n) is 6.74. The molecule has 0 unspecified atom stereocenters. The maximum atomic E-state index is 10.5. The highest BCUT2D eigenvalue weighted by molar-refractivity contribution is 5.75. The first kappa shape index (κ1) is 8.99. The van der Waals surface area contributed by atoms with Crippen LogP contribution in [0.4, 0.5) is 0 Å². The molecule has 1 aliphatic rings. The van der Waals surface area contributed by atoms with Gasteiger partial charge in [-0.15, -0.1) is 0 Å². The van der Waals surface area contributed by atoms with E-state index in [-0.39, 0.29) is 0 Å². The molecule has 0 radical (unpaired) electrons. The van der Waals surface area contributed by atoms with E-state index in [1.807, 2.05) is 0 Å². The van der Waals surface area contributed by atoms with Gasteiger partial charge in [0.2, 0.25) is 0 Å². The highest BCUT2D eigenvalue weighted by Gasteiger charge is 2.34. The molecule has 5 nitrogen and oxygen atoms in total. The van der Waals surface area contributed by atoms with Crippen LogP contribution in [0.1, 0.15) is 13.3 Å². The van der Waals surface area contributed by atoms with E-state index < -0.39 is 24.1 Å². The van der Waals surface area contributed by atoms with Gasteiger partial charge in [0, 0.05) is 6.92 Å². The Bertz CT molecular complexity index is 204. The molecule has 1 saturated heterocycles. The largest absolute Gasteiger partial charge is 0.480 e. The molecule has 2 atom stereocenters. The fourth-order valence-electron chi connectivity index (χ4n) is 1.27. The number of aliphatic carboxylic acids is 1. The number of esters is 1. The summed E-state index contributed by atoms with van der Waals surface area (Å²) in [6.45, 7) is 1.85. The van der Waals surface area contributed by atoms with Gasteiger partial charge in [0.25, 0.3) is 0 Å². The number of carbonyl (C=O) groups excluding carboxylic acids is 1. The van der Waals surface area contributed by atoms with Gasteiger partial charge < -0.3 is 15.2 Å². The summed E-state index contributed by atoms with van der Waals surface area (Å²) in [7, 11) is 0. The van der Waals surface area contributed by atoms with Crippen molar-refractivity contribution in [2.75, 3.05) is 6.54 Å². The predicted molar refractivity (Wildman–Crippen MR) is 39.6 cm³/mol. The van der Waals surface area contributed by atoms with E-state index in [1.54, 1.807) is 0 Å². The minimum Gasteiger partial charge on any atom is -0.480 e. The Balaban J connectivity index is 2.52. The third-order valence-electron chi connectivity index (χ3n) is 1.75. The van der Waals surface area contributed by atoms with Crippen LogP contribution in [0.15, 0.2) is 0 Å². The summed E-state index contributed by atoms with van der Waals surface area (Å²) in [5.41, 5.74) is 0. The second kappa shape index (κ2) is 3.53. The first-order valence-electron chi connectivity index (χ1n) is 3.74. The van der Waals surface area contributed by atoms with E-state index in [2.05, 4.69) is 5.32 Å². The van der Waals surface area contributed by atoms with E-state index in [0.717, 1.165) is 0 Å². The number of rotatable bonds is 2. The molecule has 1 fully saturated rings. The van der Waals surface area contributed by atoms with E-state index in [9.17, 15) is 9.59 Å². The Hall–Kier alpha value is -1.10. The highest BCUT2D eigenvalue weighted by atomic mass is 16.5. The molecule has 12 heavy (non-hydrogen) atoms. The molecule has 0 aliphatic carbocycles. The molecule has 0 aromatic heterocycles. The van der Waals surface area contributed by atoms with Crippen LogP contribution < -0.4 is 5.32 Å². The molecule has 0 bridgehead atoms. The first-order valence-corrected chi connectivity index (χ1v) is 3.74. The van der Waals surface area contributed by atoms with Crippen LogP contribution in [-0.4, -0.2) is 35.7 Å². The van der Waals surface area contributed by atoms with E-state index >= 15 is 0 Å². The highest BCUT2D eigenvalue weighted by Crippen LogP contribution is 2.11. The molecule has 2 N–H and O–H groups in total. The van der Waals surface area contributed by atoms with Crippen molar-refractivity contribution in [3.63, 3.8) is 0 Å². The lowest BCUT2D eigenvalue weighted by Gasteiger charge is -2.14. The molecule has 0 aromatic rings. The van der Waals surface area contributed by atoms with Gasteiger partial charge in [-0.25, -0.2) is 0 Å². The maximum Gasteiger partial charge on any atom is 0.324 e. The van der Waals surface area contributed by atoms with Crippen molar-refractivity contribution < 1.29 is 19.4 Å². The molecule has 1 rings (SSSR count). The van der Waals surface area contributed by atoms with Gasteiger partial charge in [0.1, 0.15) is 12.1 Å². The fraction of sp³-hybridized carbons (Fsp3) is 0.714. The van der Waals surface area contributed by atoms with Gasteiger partial charge in [-0.2, -0.15) is 0 Å². The monoisotopic (exact) mass is 173 g/mol. The molecular weight excluding hydrogens is 162 g/mol. The summed E-state index contributed by atoms with van der Waals surface area (Å²) in [6, 6.07) is -0.742. The zero-order chi connectivity index (χ0) is 9.14. The standard InChI is InChI=1S/C7H11NO4/c1-4(9)12-5-2-3-8-6(5)7(10)11/h5-6,8H,2-3H2,1H3,(H,10,11)/t5-,6+/m1/s1. The minimum absolute atomic E-state index is 0.435. The van der Waals surface area contributed by atoms with Gasteiger partial charge >= 0.3 is 11.9 Å². The molecule has 0 amide bonds. The summed E-state index contributed by atoms with van der Waals surface area (Å²) >= 11 is 0. The van der Waals surface area contributed by atoms with Gasteiger partial charge in [0.15, 0.2) is 0 Å². The number of ether oxygens (including phenoxy) is 1. The van der Waals surface area contributed by atoms with E-state index in [4.69, 9.17) is 9.84 Å². The third-order valence-corrected chi connectivity index (χ3v) is 1.75. The van der Waals surface area contributed by atoms with Gasteiger partial charge in [-0.1, -0.05) is 0 Å². The summed E-state index contributed by atoms with van der Waals surface area (Å²) in [4.78, 5) is 21.1. The second-order valence-corrected chi connectivity index (χ2v) is 2.71. The van der Waals surface area contributed by atoms with Gasteiger partial charge in [-0.05, 0) is 13.0 Å². The van der Waals surface area contributed by atoms with Crippen LogP contribution in [0.2, 0.25) is 0 Å². The van der Waals surface area contributed by atoms with Crippen LogP contribution >= 0.6 is 0 Å². The Labute approximate surface area is 69.7 Å². The van der Waals surface area contributed by atoms with Crippen LogP contribution in [0.3, 0.4) is 0 Å². The van der Waals surface area contributed by atoms with Crippen molar-refractivity contribution in [2.45, 2.75) is 25.5 Å². The Kier molecular flexibility index (Phi) is 2.65. The van der Waals surface area contributed by atoms with Crippen molar-refractivity contribution in [2.24, 2.45) is 0 Å². The summed E-state index contributed by atoms with van der Waals surface area (Å²) in [5, 5.41) is 11.4. The van der Waals surface area contributed by atoms with Crippen molar-refractivity contribution in [1.82, 2.24) is 5.32 Å². The molecule has 1 heterocycles. The van der Waals surface area contributed by atoms with Gasteiger partial charge in [0.05, 0.1) is 0 Å². The molecule has 5 heteroatoms. The molecule has 0 aromatic carbocycles. The third kappa shape index (κ3) is 1.94. The average molecular weight is 173 g/mol. The number of carboxylic acids is 1. The molecule has 0 saturated carbocycles. The SMILES string of the molecule is CC(=O)O[C@@H]1CCN[C@@H]1C(=O)O. The van der Waals surface area contributed by atoms with Crippen molar-refractivity contribution in [3.05, 3.63) is 0 Å². The van der Waals surface area contributed by atoms with Crippen LogP contribution in [0.5, 0.6) is 0 Å². The van der Waals surface area contributed by atoms with Crippen molar-refractivity contribution >= 4 is 11.9 Å². The topological polar surface area (TPSA) is 75.6 Å². The first-order chi connectivity index (χ1) is 5.61. The number of hydrogen-bond donors (Lipinski definition) is 2. The zero-order valence-corrected chi connectivity index (χ0v) is 6.74. The predicted octanol–water partition coefficient (Wildman–Crippen LogP) is -0.635. The maximum absolute atomic E-state index is 10.5. The molecule has 1 aliphatic heterocycles. The summed E-state index contributed by atoms with van der Waals surface area (Å²) in [6.07, 6.45) is 0.0521. The Morgan fingerprint density at radius 3 is 2.75 bits per heavy atom. The summed E-state index contributed by atoms with van der Waals surface area (Å²) < 4.78 is 4.80. The Morgan fingerprint density at radius 1 is 1.58 bits per heavy atom. The quantitative estimate of drug-likeness (QED) is 0.543. The van der Waals surface area contributed by atoms with E-state index in [0.29, 0.717) is 13.0 Å². The normalized spacial score (nSPS) is 28.4. The minimum atomic E-state index is -0.973.